The Hall–Kier alpha value is -0.570. The van der Waals surface area contributed by atoms with E-state index in [2.05, 4.69) is 44.9 Å². The average molecular weight is 295 g/mol. The van der Waals surface area contributed by atoms with Crippen molar-refractivity contribution >= 4 is 11.6 Å². The molecule has 1 aliphatic rings. The van der Waals surface area contributed by atoms with Crippen LogP contribution in [-0.4, -0.2) is 24.0 Å². The van der Waals surface area contributed by atoms with Crippen LogP contribution in [0.5, 0.6) is 0 Å². The smallest absolute Gasteiger partial charge is 0.0453 e. The quantitative estimate of drug-likeness (QED) is 0.886. The molecule has 2 rings (SSSR count). The molecule has 0 saturated heterocycles. The molecule has 0 aromatic heterocycles. The fourth-order valence-electron chi connectivity index (χ4n) is 3.42. The molecule has 1 fully saturated rings. The molecule has 0 spiro atoms. The van der Waals surface area contributed by atoms with Crippen molar-refractivity contribution in [2.24, 2.45) is 17.6 Å². The van der Waals surface area contributed by atoms with Crippen LogP contribution in [-0.2, 0) is 0 Å². The van der Waals surface area contributed by atoms with Gasteiger partial charge in [0.2, 0.25) is 0 Å². The number of hydrogen-bond donors (Lipinski definition) is 1. The van der Waals surface area contributed by atoms with Gasteiger partial charge in [0.15, 0.2) is 0 Å². The lowest BCUT2D eigenvalue weighted by Gasteiger charge is -2.56. The molecule has 0 bridgehead atoms. The standard InChI is InChI=1S/C17H27ClN2/c1-12(2)14-9-17(10-14,11-19)20(4)13(3)15-7-5-6-8-16(15)18/h5-8,12-14H,9-11,19H2,1-4H3. The first kappa shape index (κ1) is 15.8. The van der Waals surface area contributed by atoms with Crippen molar-refractivity contribution in [3.63, 3.8) is 0 Å². The van der Waals surface area contributed by atoms with Crippen LogP contribution in [0.15, 0.2) is 24.3 Å². The van der Waals surface area contributed by atoms with Gasteiger partial charge in [0.05, 0.1) is 0 Å². The Labute approximate surface area is 128 Å². The second kappa shape index (κ2) is 6.05. The van der Waals surface area contributed by atoms with E-state index in [1.807, 2.05) is 12.1 Å². The van der Waals surface area contributed by atoms with Gasteiger partial charge in [-0.3, -0.25) is 4.90 Å². The molecule has 1 saturated carbocycles. The SMILES string of the molecule is CC(C)C1CC(CN)(N(C)C(C)c2ccccc2Cl)C1. The van der Waals surface area contributed by atoms with Gasteiger partial charge in [-0.05, 0) is 50.3 Å². The largest absolute Gasteiger partial charge is 0.329 e. The van der Waals surface area contributed by atoms with Crippen LogP contribution in [0.3, 0.4) is 0 Å². The van der Waals surface area contributed by atoms with Gasteiger partial charge in [-0.2, -0.15) is 0 Å². The molecule has 0 amide bonds. The number of rotatable bonds is 5. The lowest BCUT2D eigenvalue weighted by atomic mass is 9.63. The summed E-state index contributed by atoms with van der Waals surface area (Å²) in [5, 5.41) is 0.846. The number of halogens is 1. The Morgan fingerprint density at radius 1 is 1.30 bits per heavy atom. The summed E-state index contributed by atoms with van der Waals surface area (Å²) in [6.07, 6.45) is 2.40. The highest BCUT2D eigenvalue weighted by molar-refractivity contribution is 6.31. The number of likely N-dealkylation sites (N-methyl/N-ethyl adjacent to an activating group) is 1. The molecular weight excluding hydrogens is 268 g/mol. The number of hydrogen-bond acceptors (Lipinski definition) is 2. The van der Waals surface area contributed by atoms with Crippen LogP contribution < -0.4 is 5.73 Å². The summed E-state index contributed by atoms with van der Waals surface area (Å²) in [4.78, 5) is 2.44. The summed E-state index contributed by atoms with van der Waals surface area (Å²) in [7, 11) is 2.19. The summed E-state index contributed by atoms with van der Waals surface area (Å²) in [5.41, 5.74) is 7.45. The Morgan fingerprint density at radius 2 is 1.90 bits per heavy atom. The van der Waals surface area contributed by atoms with Gasteiger partial charge < -0.3 is 5.73 Å². The number of nitrogens with two attached hydrogens (primary N) is 1. The van der Waals surface area contributed by atoms with E-state index >= 15 is 0 Å². The van der Waals surface area contributed by atoms with Crippen molar-refractivity contribution in [3.8, 4) is 0 Å². The Kier molecular flexibility index (Phi) is 4.78. The van der Waals surface area contributed by atoms with Crippen molar-refractivity contribution in [3.05, 3.63) is 34.9 Å². The van der Waals surface area contributed by atoms with Gasteiger partial charge in [-0.15, -0.1) is 0 Å². The second-order valence-corrected chi connectivity index (χ2v) is 7.06. The summed E-state index contributed by atoms with van der Waals surface area (Å²) in [5.74, 6) is 1.55. The monoisotopic (exact) mass is 294 g/mol. The highest BCUT2D eigenvalue weighted by atomic mass is 35.5. The van der Waals surface area contributed by atoms with Gasteiger partial charge in [0.25, 0.3) is 0 Å². The molecule has 1 aromatic rings. The molecular formula is C17H27ClN2. The number of nitrogens with zero attached hydrogens (tertiary/aromatic N) is 1. The van der Waals surface area contributed by atoms with Gasteiger partial charge in [0, 0.05) is 23.1 Å². The number of benzene rings is 1. The maximum Gasteiger partial charge on any atom is 0.0453 e. The molecule has 1 unspecified atom stereocenters. The predicted octanol–water partition coefficient (Wildman–Crippen LogP) is 4.10. The molecule has 3 heteroatoms. The minimum absolute atomic E-state index is 0.146. The highest BCUT2D eigenvalue weighted by Crippen LogP contribution is 2.47. The topological polar surface area (TPSA) is 29.3 Å². The summed E-state index contributed by atoms with van der Waals surface area (Å²) >= 11 is 6.34. The van der Waals surface area contributed by atoms with Crippen LogP contribution in [0.25, 0.3) is 0 Å². The minimum atomic E-state index is 0.146. The van der Waals surface area contributed by atoms with Crippen molar-refractivity contribution in [2.75, 3.05) is 13.6 Å². The first-order valence-corrected chi connectivity index (χ1v) is 7.96. The van der Waals surface area contributed by atoms with Crippen LogP contribution in [0, 0.1) is 11.8 Å². The molecule has 1 aromatic carbocycles. The van der Waals surface area contributed by atoms with E-state index in [1.54, 1.807) is 0 Å². The third kappa shape index (κ3) is 2.74. The Morgan fingerprint density at radius 3 is 2.40 bits per heavy atom. The summed E-state index contributed by atoms with van der Waals surface area (Å²) in [6.45, 7) is 7.56. The van der Waals surface area contributed by atoms with Crippen molar-refractivity contribution in [2.45, 2.75) is 45.2 Å². The zero-order valence-corrected chi connectivity index (χ0v) is 13.8. The fourth-order valence-corrected chi connectivity index (χ4v) is 3.71. The maximum atomic E-state index is 6.34. The van der Waals surface area contributed by atoms with E-state index in [0.29, 0.717) is 6.04 Å². The van der Waals surface area contributed by atoms with E-state index < -0.39 is 0 Å². The minimum Gasteiger partial charge on any atom is -0.329 e. The van der Waals surface area contributed by atoms with E-state index in [0.717, 1.165) is 23.4 Å². The average Bonchev–Trinajstić information content (AvgIpc) is 2.37. The molecule has 1 aliphatic carbocycles. The molecule has 0 aliphatic heterocycles. The lowest BCUT2D eigenvalue weighted by Crippen LogP contribution is -2.61. The first-order valence-electron chi connectivity index (χ1n) is 7.58. The van der Waals surface area contributed by atoms with Gasteiger partial charge >= 0.3 is 0 Å². The van der Waals surface area contributed by atoms with E-state index in [1.165, 1.54) is 18.4 Å². The lowest BCUT2D eigenvalue weighted by molar-refractivity contribution is -0.0403. The Balaban J connectivity index is 2.14. The molecule has 2 nitrogen and oxygen atoms in total. The van der Waals surface area contributed by atoms with Crippen LogP contribution in [0.2, 0.25) is 5.02 Å². The van der Waals surface area contributed by atoms with Crippen LogP contribution >= 0.6 is 11.6 Å². The molecule has 112 valence electrons. The summed E-state index contributed by atoms with van der Waals surface area (Å²) < 4.78 is 0. The van der Waals surface area contributed by atoms with Crippen molar-refractivity contribution in [1.82, 2.24) is 4.90 Å². The van der Waals surface area contributed by atoms with E-state index in [9.17, 15) is 0 Å². The van der Waals surface area contributed by atoms with Crippen LogP contribution in [0.4, 0.5) is 0 Å². The molecule has 0 heterocycles. The normalized spacial score (nSPS) is 27.7. The predicted molar refractivity (Wildman–Crippen MR) is 87.0 cm³/mol. The van der Waals surface area contributed by atoms with Gasteiger partial charge in [-0.1, -0.05) is 43.6 Å². The third-order valence-electron chi connectivity index (χ3n) is 5.29. The fraction of sp³-hybridized carbons (Fsp3) is 0.647. The Bertz CT molecular complexity index is 452. The summed E-state index contributed by atoms with van der Waals surface area (Å²) in [6, 6.07) is 8.41. The molecule has 2 N–H and O–H groups in total. The van der Waals surface area contributed by atoms with Gasteiger partial charge in [-0.25, -0.2) is 0 Å². The van der Waals surface area contributed by atoms with E-state index in [-0.39, 0.29) is 5.54 Å². The molecule has 1 atom stereocenters. The highest BCUT2D eigenvalue weighted by Gasteiger charge is 2.48. The van der Waals surface area contributed by atoms with Gasteiger partial charge in [0.1, 0.15) is 0 Å². The second-order valence-electron chi connectivity index (χ2n) is 6.65. The molecule has 20 heavy (non-hydrogen) atoms. The third-order valence-corrected chi connectivity index (χ3v) is 5.64. The maximum absolute atomic E-state index is 6.34. The van der Waals surface area contributed by atoms with Crippen LogP contribution in [0.1, 0.15) is 45.2 Å². The zero-order valence-electron chi connectivity index (χ0n) is 13.1. The molecule has 0 radical (unpaired) electrons. The van der Waals surface area contributed by atoms with Crippen molar-refractivity contribution in [1.29, 1.82) is 0 Å². The first-order chi connectivity index (χ1) is 9.41. The van der Waals surface area contributed by atoms with Crippen molar-refractivity contribution < 1.29 is 0 Å². The zero-order chi connectivity index (χ0) is 14.9. The van der Waals surface area contributed by atoms with E-state index in [4.69, 9.17) is 17.3 Å².